The molecular formula is C20H18BrN3OS. The van der Waals surface area contributed by atoms with Gasteiger partial charge in [-0.1, -0.05) is 40.2 Å². The summed E-state index contributed by atoms with van der Waals surface area (Å²) in [4.78, 5) is 4.65. The van der Waals surface area contributed by atoms with Crippen LogP contribution in [0.25, 0.3) is 0 Å². The summed E-state index contributed by atoms with van der Waals surface area (Å²) in [6.07, 6.45) is 0.827. The molecule has 0 N–H and O–H groups in total. The number of thiazole rings is 1. The standard InChI is InChI=1S/C20H18BrN3OS/c1-13-12-26-20(22-13)24-19(14-6-8-16(21)9-7-14)11-18(23-24)15-4-3-5-17(10-15)25-2/h3-10,12,19H,11H2,1-2H3. The highest BCUT2D eigenvalue weighted by molar-refractivity contribution is 9.10. The van der Waals surface area contributed by atoms with Gasteiger partial charge in [-0.2, -0.15) is 5.10 Å². The average molecular weight is 428 g/mol. The molecule has 4 rings (SSSR count). The van der Waals surface area contributed by atoms with Crippen molar-refractivity contribution in [3.8, 4) is 5.75 Å². The number of rotatable bonds is 4. The summed E-state index contributed by atoms with van der Waals surface area (Å²) in [7, 11) is 1.69. The minimum Gasteiger partial charge on any atom is -0.497 e. The number of halogens is 1. The third kappa shape index (κ3) is 3.39. The zero-order valence-electron chi connectivity index (χ0n) is 14.5. The van der Waals surface area contributed by atoms with Gasteiger partial charge < -0.3 is 4.74 Å². The predicted octanol–water partition coefficient (Wildman–Crippen LogP) is 5.58. The molecule has 0 saturated heterocycles. The minimum absolute atomic E-state index is 0.134. The topological polar surface area (TPSA) is 37.7 Å². The van der Waals surface area contributed by atoms with Crippen LogP contribution in [0.2, 0.25) is 0 Å². The van der Waals surface area contributed by atoms with Crippen molar-refractivity contribution in [2.24, 2.45) is 5.10 Å². The molecule has 1 atom stereocenters. The molecular weight excluding hydrogens is 410 g/mol. The maximum Gasteiger partial charge on any atom is 0.206 e. The average Bonchev–Trinajstić information content (AvgIpc) is 3.29. The number of hydrogen-bond donors (Lipinski definition) is 0. The number of aryl methyl sites for hydroxylation is 1. The van der Waals surface area contributed by atoms with E-state index in [0.717, 1.165) is 38.7 Å². The first-order chi connectivity index (χ1) is 12.6. The Hall–Kier alpha value is -2.18. The molecule has 1 aromatic heterocycles. The summed E-state index contributed by atoms with van der Waals surface area (Å²) in [6.45, 7) is 2.01. The molecule has 1 unspecified atom stereocenters. The van der Waals surface area contributed by atoms with Crippen molar-refractivity contribution < 1.29 is 4.74 Å². The van der Waals surface area contributed by atoms with Crippen molar-refractivity contribution >= 4 is 38.1 Å². The number of ether oxygens (including phenoxy) is 1. The third-order valence-electron chi connectivity index (χ3n) is 4.37. The van der Waals surface area contributed by atoms with E-state index in [1.54, 1.807) is 18.4 Å². The van der Waals surface area contributed by atoms with E-state index in [0.29, 0.717) is 0 Å². The lowest BCUT2D eigenvalue weighted by molar-refractivity contribution is 0.414. The van der Waals surface area contributed by atoms with Crippen LogP contribution < -0.4 is 9.75 Å². The molecule has 0 fully saturated rings. The SMILES string of the molecule is COc1cccc(C2=NN(c3nc(C)cs3)C(c3ccc(Br)cc3)C2)c1. The molecule has 0 saturated carbocycles. The number of anilines is 1. The highest BCUT2D eigenvalue weighted by Gasteiger charge is 2.31. The fraction of sp³-hybridized carbons (Fsp3) is 0.200. The second-order valence-electron chi connectivity index (χ2n) is 6.17. The van der Waals surface area contributed by atoms with Gasteiger partial charge in [0.25, 0.3) is 0 Å². The summed E-state index contributed by atoms with van der Waals surface area (Å²) < 4.78 is 6.44. The molecule has 26 heavy (non-hydrogen) atoms. The van der Waals surface area contributed by atoms with Crippen LogP contribution in [-0.2, 0) is 0 Å². The van der Waals surface area contributed by atoms with Gasteiger partial charge in [0.1, 0.15) is 5.75 Å². The van der Waals surface area contributed by atoms with Crippen molar-refractivity contribution in [1.29, 1.82) is 0 Å². The Morgan fingerprint density at radius 3 is 2.69 bits per heavy atom. The van der Waals surface area contributed by atoms with Crippen LogP contribution in [-0.4, -0.2) is 17.8 Å². The zero-order valence-corrected chi connectivity index (χ0v) is 16.9. The summed E-state index contributed by atoms with van der Waals surface area (Å²) in [5, 5.41) is 9.97. The quantitative estimate of drug-likeness (QED) is 0.545. The van der Waals surface area contributed by atoms with Crippen molar-refractivity contribution in [1.82, 2.24) is 4.98 Å². The Bertz CT molecular complexity index is 952. The molecule has 0 amide bonds. The summed E-state index contributed by atoms with van der Waals surface area (Å²) >= 11 is 5.14. The summed E-state index contributed by atoms with van der Waals surface area (Å²) in [5.74, 6) is 0.842. The molecule has 1 aliphatic rings. The number of methoxy groups -OCH3 is 1. The lowest BCUT2D eigenvalue weighted by Gasteiger charge is -2.21. The van der Waals surface area contributed by atoms with Gasteiger partial charge >= 0.3 is 0 Å². The third-order valence-corrected chi connectivity index (χ3v) is 5.85. The molecule has 0 spiro atoms. The van der Waals surface area contributed by atoms with Crippen LogP contribution in [0.4, 0.5) is 5.13 Å². The molecule has 0 aliphatic carbocycles. The lowest BCUT2D eigenvalue weighted by Crippen LogP contribution is -2.18. The van der Waals surface area contributed by atoms with E-state index in [9.17, 15) is 0 Å². The van der Waals surface area contributed by atoms with Gasteiger partial charge in [-0.05, 0) is 36.8 Å². The van der Waals surface area contributed by atoms with Gasteiger partial charge in [0.15, 0.2) is 0 Å². The highest BCUT2D eigenvalue weighted by atomic mass is 79.9. The second-order valence-corrected chi connectivity index (χ2v) is 7.92. The van der Waals surface area contributed by atoms with E-state index in [-0.39, 0.29) is 6.04 Å². The number of nitrogens with zero attached hydrogens (tertiary/aromatic N) is 3. The van der Waals surface area contributed by atoms with Gasteiger partial charge in [-0.15, -0.1) is 11.3 Å². The highest BCUT2D eigenvalue weighted by Crippen LogP contribution is 2.38. The fourth-order valence-electron chi connectivity index (χ4n) is 3.06. The molecule has 6 heteroatoms. The largest absolute Gasteiger partial charge is 0.497 e. The van der Waals surface area contributed by atoms with Crippen LogP contribution >= 0.6 is 27.3 Å². The number of hydrogen-bond acceptors (Lipinski definition) is 5. The van der Waals surface area contributed by atoms with Crippen LogP contribution in [0.15, 0.2) is 63.5 Å². The van der Waals surface area contributed by atoms with Crippen molar-refractivity contribution in [2.75, 3.05) is 12.1 Å². The maximum atomic E-state index is 5.37. The molecule has 132 valence electrons. The van der Waals surface area contributed by atoms with E-state index in [1.165, 1.54) is 5.56 Å². The van der Waals surface area contributed by atoms with Gasteiger partial charge in [0, 0.05) is 21.8 Å². The van der Waals surface area contributed by atoms with E-state index < -0.39 is 0 Å². The van der Waals surface area contributed by atoms with E-state index >= 15 is 0 Å². The van der Waals surface area contributed by atoms with Gasteiger partial charge in [-0.25, -0.2) is 9.99 Å². The molecule has 2 aromatic carbocycles. The van der Waals surface area contributed by atoms with Crippen molar-refractivity contribution in [2.45, 2.75) is 19.4 Å². The monoisotopic (exact) mass is 427 g/mol. The van der Waals surface area contributed by atoms with Gasteiger partial charge in [0.2, 0.25) is 5.13 Å². The molecule has 0 radical (unpaired) electrons. The predicted molar refractivity (Wildman–Crippen MR) is 110 cm³/mol. The number of benzene rings is 2. The van der Waals surface area contributed by atoms with Crippen molar-refractivity contribution in [3.05, 3.63) is 75.2 Å². The Morgan fingerprint density at radius 2 is 2.00 bits per heavy atom. The zero-order chi connectivity index (χ0) is 18.1. The first-order valence-electron chi connectivity index (χ1n) is 8.33. The number of hydrazone groups is 1. The van der Waals surface area contributed by atoms with Gasteiger partial charge in [0.05, 0.1) is 24.6 Å². The van der Waals surface area contributed by atoms with Crippen molar-refractivity contribution in [3.63, 3.8) is 0 Å². The van der Waals surface area contributed by atoms with E-state index in [4.69, 9.17) is 9.84 Å². The van der Waals surface area contributed by atoms with E-state index in [2.05, 4.69) is 61.6 Å². The van der Waals surface area contributed by atoms with Crippen LogP contribution in [0.1, 0.15) is 29.3 Å². The van der Waals surface area contributed by atoms with Crippen LogP contribution in [0.3, 0.4) is 0 Å². The minimum atomic E-state index is 0.134. The molecule has 0 bridgehead atoms. The Labute approximate surface area is 165 Å². The Balaban J connectivity index is 1.73. The molecule has 1 aliphatic heterocycles. The Morgan fingerprint density at radius 1 is 1.19 bits per heavy atom. The fourth-order valence-corrected chi connectivity index (χ4v) is 4.12. The normalized spacial score (nSPS) is 16.7. The maximum absolute atomic E-state index is 5.37. The number of aromatic nitrogens is 1. The summed E-state index contributed by atoms with van der Waals surface area (Å²) in [6, 6.07) is 16.6. The second kappa shape index (κ2) is 7.21. The van der Waals surface area contributed by atoms with Crippen LogP contribution in [0.5, 0.6) is 5.75 Å². The summed E-state index contributed by atoms with van der Waals surface area (Å²) in [5.41, 5.74) is 4.37. The first kappa shape index (κ1) is 17.2. The molecule has 3 aromatic rings. The Kier molecular flexibility index (Phi) is 4.78. The van der Waals surface area contributed by atoms with E-state index in [1.807, 2.05) is 25.1 Å². The molecule has 2 heterocycles. The molecule has 4 nitrogen and oxygen atoms in total. The lowest BCUT2D eigenvalue weighted by atomic mass is 9.98. The smallest absolute Gasteiger partial charge is 0.206 e. The van der Waals surface area contributed by atoms with Crippen LogP contribution in [0, 0.1) is 6.92 Å². The van der Waals surface area contributed by atoms with Gasteiger partial charge in [-0.3, -0.25) is 0 Å². The first-order valence-corrected chi connectivity index (χ1v) is 10.00.